The summed E-state index contributed by atoms with van der Waals surface area (Å²) in [7, 11) is 1.93. The average molecular weight is 194 g/mol. The minimum atomic E-state index is 0.824. The largest absolute Gasteiger partial charge is 0.369 e. The second kappa shape index (κ2) is 4.46. The molecule has 1 aromatic rings. The van der Waals surface area contributed by atoms with Crippen LogP contribution in [0.5, 0.6) is 0 Å². The first-order valence-corrected chi connectivity index (χ1v) is 5.31. The summed E-state index contributed by atoms with van der Waals surface area (Å²) in [5.41, 5.74) is 0. The number of nitrogens with one attached hydrogen (secondary N) is 2. The molecular weight excluding hydrogens is 176 g/mol. The van der Waals surface area contributed by atoms with Gasteiger partial charge < -0.3 is 10.6 Å². The Morgan fingerprint density at radius 3 is 3.00 bits per heavy atom. The molecule has 0 aromatic carbocycles. The van der Waals surface area contributed by atoms with Crippen LogP contribution in [0.3, 0.4) is 0 Å². The van der Waals surface area contributed by atoms with Crippen LogP contribution in [0, 0.1) is 0 Å². The molecule has 2 rings (SSSR count). The smallest absolute Gasteiger partial charge is 0.147 e. The highest BCUT2D eigenvalue weighted by molar-refractivity contribution is 5.31. The quantitative estimate of drug-likeness (QED) is 0.663. The average Bonchev–Trinajstić information content (AvgIpc) is 2.89. The molecule has 2 N–H and O–H groups in total. The molecule has 78 valence electrons. The maximum absolute atomic E-state index is 4.24. The maximum Gasteiger partial charge on any atom is 0.147 e. The lowest BCUT2D eigenvalue weighted by Gasteiger charge is -2.03. The fourth-order valence-electron chi connectivity index (χ4n) is 1.41. The van der Waals surface area contributed by atoms with Gasteiger partial charge in [0, 0.05) is 31.9 Å². The van der Waals surface area contributed by atoms with Crippen molar-refractivity contribution in [3.8, 4) is 0 Å². The third-order valence-electron chi connectivity index (χ3n) is 2.38. The van der Waals surface area contributed by atoms with E-state index in [4.69, 9.17) is 0 Å². The lowest BCUT2D eigenvalue weighted by molar-refractivity contribution is 0.657. The Morgan fingerprint density at radius 2 is 2.36 bits per heavy atom. The third kappa shape index (κ3) is 3.03. The van der Waals surface area contributed by atoms with Crippen LogP contribution in [0.1, 0.15) is 19.3 Å². The number of hydrogen-bond donors (Lipinski definition) is 2. The van der Waals surface area contributed by atoms with Crippen LogP contribution in [0.15, 0.2) is 12.3 Å². The molecule has 0 bridgehead atoms. The highest BCUT2D eigenvalue weighted by Gasteiger charge is 2.19. The first-order valence-electron chi connectivity index (χ1n) is 5.31. The Balaban J connectivity index is 1.53. The standard InChI is InChI=1S/C10H18N4/c1-14-8-5-10(13-14)12-7-2-6-11-9-3-4-9/h5,8-9,11H,2-4,6-7H2,1H3,(H,12,13). The van der Waals surface area contributed by atoms with Gasteiger partial charge >= 0.3 is 0 Å². The minimum Gasteiger partial charge on any atom is -0.369 e. The Bertz CT molecular complexity index is 277. The molecule has 14 heavy (non-hydrogen) atoms. The van der Waals surface area contributed by atoms with Crippen molar-refractivity contribution in [2.24, 2.45) is 7.05 Å². The van der Waals surface area contributed by atoms with E-state index in [0.29, 0.717) is 0 Å². The van der Waals surface area contributed by atoms with Crippen molar-refractivity contribution < 1.29 is 0 Å². The molecule has 0 spiro atoms. The monoisotopic (exact) mass is 194 g/mol. The predicted molar refractivity (Wildman–Crippen MR) is 57.3 cm³/mol. The van der Waals surface area contributed by atoms with E-state index in [-0.39, 0.29) is 0 Å². The van der Waals surface area contributed by atoms with Gasteiger partial charge in [-0.15, -0.1) is 0 Å². The molecule has 1 heterocycles. The summed E-state index contributed by atoms with van der Waals surface area (Å²) < 4.78 is 1.81. The normalized spacial score (nSPS) is 15.8. The molecule has 0 radical (unpaired) electrons. The minimum absolute atomic E-state index is 0.824. The topological polar surface area (TPSA) is 41.9 Å². The zero-order chi connectivity index (χ0) is 9.80. The van der Waals surface area contributed by atoms with Gasteiger partial charge in [-0.3, -0.25) is 4.68 Å². The first-order chi connectivity index (χ1) is 6.84. The van der Waals surface area contributed by atoms with Crippen LogP contribution in [0.2, 0.25) is 0 Å². The van der Waals surface area contributed by atoms with E-state index in [0.717, 1.165) is 31.4 Å². The van der Waals surface area contributed by atoms with Gasteiger partial charge in [0.25, 0.3) is 0 Å². The molecule has 1 saturated carbocycles. The highest BCUT2D eigenvalue weighted by atomic mass is 15.3. The lowest BCUT2D eigenvalue weighted by atomic mass is 10.4. The van der Waals surface area contributed by atoms with Crippen LogP contribution in [0.25, 0.3) is 0 Å². The van der Waals surface area contributed by atoms with Crippen molar-refractivity contribution in [3.05, 3.63) is 12.3 Å². The fraction of sp³-hybridized carbons (Fsp3) is 0.700. The molecule has 0 amide bonds. The van der Waals surface area contributed by atoms with Crippen LogP contribution in [-0.4, -0.2) is 28.9 Å². The van der Waals surface area contributed by atoms with E-state index in [1.54, 1.807) is 0 Å². The summed E-state index contributed by atoms with van der Waals surface area (Å²) in [6.07, 6.45) is 5.85. The molecular formula is C10H18N4. The summed E-state index contributed by atoms with van der Waals surface area (Å²) in [6.45, 7) is 2.11. The SMILES string of the molecule is Cn1ccc(NCCCNC2CC2)n1. The van der Waals surface area contributed by atoms with Gasteiger partial charge in [0.15, 0.2) is 0 Å². The molecule has 1 aliphatic rings. The number of rotatable bonds is 6. The van der Waals surface area contributed by atoms with Crippen molar-refractivity contribution >= 4 is 5.82 Å². The van der Waals surface area contributed by atoms with E-state index < -0.39 is 0 Å². The Kier molecular flexibility index (Phi) is 3.03. The first kappa shape index (κ1) is 9.52. The molecule has 1 aliphatic carbocycles. The molecule has 4 nitrogen and oxygen atoms in total. The highest BCUT2D eigenvalue weighted by Crippen LogP contribution is 2.18. The van der Waals surface area contributed by atoms with Gasteiger partial charge in [-0.25, -0.2) is 0 Å². The molecule has 4 heteroatoms. The van der Waals surface area contributed by atoms with Crippen LogP contribution >= 0.6 is 0 Å². The van der Waals surface area contributed by atoms with E-state index in [1.165, 1.54) is 12.8 Å². The number of nitrogens with zero attached hydrogens (tertiary/aromatic N) is 2. The molecule has 0 saturated heterocycles. The summed E-state index contributed by atoms with van der Waals surface area (Å²) in [6, 6.07) is 2.82. The van der Waals surface area contributed by atoms with E-state index in [2.05, 4.69) is 15.7 Å². The van der Waals surface area contributed by atoms with Crippen LogP contribution < -0.4 is 10.6 Å². The Morgan fingerprint density at radius 1 is 1.50 bits per heavy atom. The summed E-state index contributed by atoms with van der Waals surface area (Å²) in [5, 5.41) is 11.0. The van der Waals surface area contributed by atoms with Crippen LogP contribution in [-0.2, 0) is 7.05 Å². The molecule has 0 aliphatic heterocycles. The lowest BCUT2D eigenvalue weighted by Crippen LogP contribution is -2.19. The van der Waals surface area contributed by atoms with Gasteiger partial charge in [-0.1, -0.05) is 0 Å². The second-order valence-electron chi connectivity index (χ2n) is 3.88. The van der Waals surface area contributed by atoms with Crippen molar-refractivity contribution in [2.75, 3.05) is 18.4 Å². The van der Waals surface area contributed by atoms with Gasteiger partial charge in [0.2, 0.25) is 0 Å². The van der Waals surface area contributed by atoms with E-state index >= 15 is 0 Å². The maximum atomic E-state index is 4.24. The number of hydrogen-bond acceptors (Lipinski definition) is 3. The van der Waals surface area contributed by atoms with Gasteiger partial charge in [0.1, 0.15) is 5.82 Å². The van der Waals surface area contributed by atoms with Crippen molar-refractivity contribution in [1.82, 2.24) is 15.1 Å². The number of aryl methyl sites for hydroxylation is 1. The molecule has 1 fully saturated rings. The summed E-state index contributed by atoms with van der Waals surface area (Å²) in [5.74, 6) is 0.971. The zero-order valence-corrected chi connectivity index (χ0v) is 8.66. The molecule has 1 aromatic heterocycles. The van der Waals surface area contributed by atoms with Gasteiger partial charge in [-0.05, 0) is 25.8 Å². The second-order valence-corrected chi connectivity index (χ2v) is 3.88. The molecule has 0 atom stereocenters. The number of anilines is 1. The predicted octanol–water partition coefficient (Wildman–Crippen LogP) is 0.974. The molecule has 0 unspecified atom stereocenters. The van der Waals surface area contributed by atoms with Crippen molar-refractivity contribution in [2.45, 2.75) is 25.3 Å². The van der Waals surface area contributed by atoms with Crippen LogP contribution in [0.4, 0.5) is 5.82 Å². The fourth-order valence-corrected chi connectivity index (χ4v) is 1.41. The van der Waals surface area contributed by atoms with Crippen molar-refractivity contribution in [3.63, 3.8) is 0 Å². The Hall–Kier alpha value is -1.03. The summed E-state index contributed by atoms with van der Waals surface area (Å²) >= 11 is 0. The van der Waals surface area contributed by atoms with E-state index in [9.17, 15) is 0 Å². The summed E-state index contributed by atoms with van der Waals surface area (Å²) in [4.78, 5) is 0. The van der Waals surface area contributed by atoms with E-state index in [1.807, 2.05) is 24.0 Å². The van der Waals surface area contributed by atoms with Crippen molar-refractivity contribution in [1.29, 1.82) is 0 Å². The zero-order valence-electron chi connectivity index (χ0n) is 8.66. The number of aromatic nitrogens is 2. The Labute approximate surface area is 84.7 Å². The van der Waals surface area contributed by atoms with Gasteiger partial charge in [0.05, 0.1) is 0 Å². The third-order valence-corrected chi connectivity index (χ3v) is 2.38. The van der Waals surface area contributed by atoms with Gasteiger partial charge in [-0.2, -0.15) is 5.10 Å².